The molecule has 0 saturated heterocycles. The second-order valence-corrected chi connectivity index (χ2v) is 3.99. The van der Waals surface area contributed by atoms with E-state index in [1.165, 1.54) is 4.57 Å². The summed E-state index contributed by atoms with van der Waals surface area (Å²) >= 11 is 0. The number of hydrogen-bond acceptors (Lipinski definition) is 3. The Kier molecular flexibility index (Phi) is 2.67. The molecule has 0 bridgehead atoms. The van der Waals surface area contributed by atoms with Gasteiger partial charge in [-0.25, -0.2) is 4.98 Å². The lowest BCUT2D eigenvalue weighted by Crippen LogP contribution is -2.25. The highest BCUT2D eigenvalue weighted by Crippen LogP contribution is 2.11. The number of hydrogen-bond donors (Lipinski definition) is 1. The van der Waals surface area contributed by atoms with Crippen LogP contribution in [-0.4, -0.2) is 20.6 Å². The van der Waals surface area contributed by atoms with Crippen molar-refractivity contribution < 1.29 is 9.90 Å². The van der Waals surface area contributed by atoms with Gasteiger partial charge in [0.05, 0.1) is 17.5 Å². The normalized spacial score (nSPS) is 10.7. The van der Waals surface area contributed by atoms with Crippen LogP contribution in [0.25, 0.3) is 11.0 Å². The molecule has 2 aromatic rings. The molecule has 0 saturated carbocycles. The summed E-state index contributed by atoms with van der Waals surface area (Å²) in [5.41, 5.74) is 2.08. The number of aliphatic carboxylic acids is 1. The van der Waals surface area contributed by atoms with Crippen molar-refractivity contribution in [2.24, 2.45) is 7.05 Å². The van der Waals surface area contributed by atoms with Gasteiger partial charge < -0.3 is 9.67 Å². The van der Waals surface area contributed by atoms with E-state index in [1.54, 1.807) is 13.1 Å². The number of rotatable bonds is 2. The van der Waals surface area contributed by atoms with Crippen LogP contribution in [0.5, 0.6) is 0 Å². The SMILES string of the molecule is Cc1ccc2nc(CC(=O)O)c(=O)n(C)c2c1. The molecule has 5 nitrogen and oxygen atoms in total. The summed E-state index contributed by atoms with van der Waals surface area (Å²) in [7, 11) is 1.62. The number of carboxylic acid groups (broad SMARTS) is 1. The van der Waals surface area contributed by atoms with Crippen molar-refractivity contribution in [2.45, 2.75) is 13.3 Å². The molecule has 0 amide bonds. The quantitative estimate of drug-likeness (QED) is 0.833. The summed E-state index contributed by atoms with van der Waals surface area (Å²) in [4.78, 5) is 26.6. The molecule has 1 N–H and O–H groups in total. The number of carbonyl (C=O) groups is 1. The number of aryl methyl sites for hydroxylation is 2. The van der Waals surface area contributed by atoms with Gasteiger partial charge in [-0.05, 0) is 24.6 Å². The van der Waals surface area contributed by atoms with Crippen molar-refractivity contribution in [1.82, 2.24) is 9.55 Å². The highest BCUT2D eigenvalue weighted by molar-refractivity contribution is 5.76. The van der Waals surface area contributed by atoms with Gasteiger partial charge in [-0.3, -0.25) is 9.59 Å². The van der Waals surface area contributed by atoms with Gasteiger partial charge in [-0.2, -0.15) is 0 Å². The number of carboxylic acids is 1. The molecule has 0 aliphatic carbocycles. The number of fused-ring (bicyclic) bond motifs is 1. The zero-order chi connectivity index (χ0) is 12.6. The van der Waals surface area contributed by atoms with Crippen molar-refractivity contribution in [3.63, 3.8) is 0 Å². The lowest BCUT2D eigenvalue weighted by atomic mass is 10.2. The lowest BCUT2D eigenvalue weighted by Gasteiger charge is -2.07. The second-order valence-electron chi connectivity index (χ2n) is 3.99. The molecule has 0 radical (unpaired) electrons. The molecular formula is C12H12N2O3. The van der Waals surface area contributed by atoms with Crippen LogP contribution in [0.15, 0.2) is 23.0 Å². The molecule has 17 heavy (non-hydrogen) atoms. The van der Waals surface area contributed by atoms with Crippen LogP contribution in [0, 0.1) is 6.92 Å². The standard InChI is InChI=1S/C12H12N2O3/c1-7-3-4-8-10(5-7)14(2)12(17)9(13-8)6-11(15)16/h3-5H,6H2,1-2H3,(H,15,16). The van der Waals surface area contributed by atoms with E-state index in [0.29, 0.717) is 11.0 Å². The molecule has 1 heterocycles. The average Bonchev–Trinajstić information content (AvgIpc) is 2.26. The van der Waals surface area contributed by atoms with Crippen molar-refractivity contribution in [2.75, 3.05) is 0 Å². The first-order valence-corrected chi connectivity index (χ1v) is 5.17. The minimum Gasteiger partial charge on any atom is -0.481 e. The van der Waals surface area contributed by atoms with E-state index in [-0.39, 0.29) is 17.7 Å². The van der Waals surface area contributed by atoms with Crippen molar-refractivity contribution in [3.05, 3.63) is 39.8 Å². The van der Waals surface area contributed by atoms with Crippen LogP contribution >= 0.6 is 0 Å². The van der Waals surface area contributed by atoms with Crippen molar-refractivity contribution in [1.29, 1.82) is 0 Å². The highest BCUT2D eigenvalue weighted by Gasteiger charge is 2.11. The van der Waals surface area contributed by atoms with Crippen molar-refractivity contribution >= 4 is 17.0 Å². The monoisotopic (exact) mass is 232 g/mol. The third-order valence-electron chi connectivity index (χ3n) is 2.62. The Morgan fingerprint density at radius 1 is 1.47 bits per heavy atom. The number of benzene rings is 1. The van der Waals surface area contributed by atoms with Crippen LogP contribution in [0.4, 0.5) is 0 Å². The fourth-order valence-corrected chi connectivity index (χ4v) is 1.75. The van der Waals surface area contributed by atoms with Gasteiger partial charge in [-0.1, -0.05) is 6.07 Å². The second kappa shape index (κ2) is 4.01. The van der Waals surface area contributed by atoms with Crippen LogP contribution in [0.1, 0.15) is 11.3 Å². The first kappa shape index (κ1) is 11.3. The van der Waals surface area contributed by atoms with Crippen LogP contribution < -0.4 is 5.56 Å². The van der Waals surface area contributed by atoms with Gasteiger partial charge in [0.2, 0.25) is 0 Å². The highest BCUT2D eigenvalue weighted by atomic mass is 16.4. The largest absolute Gasteiger partial charge is 0.481 e. The summed E-state index contributed by atoms with van der Waals surface area (Å²) in [6, 6.07) is 5.52. The Labute approximate surface area is 97.3 Å². The molecule has 88 valence electrons. The zero-order valence-electron chi connectivity index (χ0n) is 9.60. The van der Waals surface area contributed by atoms with Gasteiger partial charge in [0.25, 0.3) is 5.56 Å². The molecular weight excluding hydrogens is 220 g/mol. The van der Waals surface area contributed by atoms with Gasteiger partial charge in [-0.15, -0.1) is 0 Å². The van der Waals surface area contributed by atoms with E-state index in [4.69, 9.17) is 5.11 Å². The van der Waals surface area contributed by atoms with Gasteiger partial charge in [0.1, 0.15) is 5.69 Å². The molecule has 1 aromatic carbocycles. The molecule has 0 aliphatic rings. The molecule has 0 unspecified atom stereocenters. The van der Waals surface area contributed by atoms with Crippen molar-refractivity contribution in [3.8, 4) is 0 Å². The molecule has 1 aromatic heterocycles. The zero-order valence-corrected chi connectivity index (χ0v) is 9.60. The predicted octanol–water partition coefficient (Wildman–Crippen LogP) is 0.869. The maximum absolute atomic E-state index is 11.9. The molecule has 2 rings (SSSR count). The van der Waals surface area contributed by atoms with E-state index in [9.17, 15) is 9.59 Å². The first-order chi connectivity index (χ1) is 7.99. The first-order valence-electron chi connectivity index (χ1n) is 5.17. The van der Waals surface area contributed by atoms with E-state index >= 15 is 0 Å². The van der Waals surface area contributed by atoms with Gasteiger partial charge >= 0.3 is 5.97 Å². The minimum atomic E-state index is -1.05. The smallest absolute Gasteiger partial charge is 0.309 e. The van der Waals surface area contributed by atoms with E-state index in [0.717, 1.165) is 5.56 Å². The fourth-order valence-electron chi connectivity index (χ4n) is 1.75. The predicted molar refractivity (Wildman–Crippen MR) is 63.1 cm³/mol. The summed E-state index contributed by atoms with van der Waals surface area (Å²) in [6.07, 6.45) is -0.351. The molecule has 0 atom stereocenters. The topological polar surface area (TPSA) is 72.2 Å². The Balaban J connectivity index is 2.75. The molecule has 0 spiro atoms. The maximum Gasteiger partial charge on any atom is 0.309 e. The number of aromatic nitrogens is 2. The Morgan fingerprint density at radius 3 is 2.82 bits per heavy atom. The van der Waals surface area contributed by atoms with Crippen LogP contribution in [0.3, 0.4) is 0 Å². The average molecular weight is 232 g/mol. The summed E-state index contributed by atoms with van der Waals surface area (Å²) in [5.74, 6) is -1.05. The van der Waals surface area contributed by atoms with E-state index in [2.05, 4.69) is 4.98 Å². The number of nitrogens with zero attached hydrogens (tertiary/aromatic N) is 2. The third kappa shape index (κ3) is 2.04. The summed E-state index contributed by atoms with van der Waals surface area (Å²) < 4.78 is 1.44. The Bertz CT molecular complexity index is 659. The Hall–Kier alpha value is -2.17. The van der Waals surface area contributed by atoms with Crippen LogP contribution in [0.2, 0.25) is 0 Å². The minimum absolute atomic E-state index is 0.0661. The Morgan fingerprint density at radius 2 is 2.18 bits per heavy atom. The van der Waals surface area contributed by atoms with E-state index < -0.39 is 5.97 Å². The molecule has 0 aliphatic heterocycles. The fraction of sp³-hybridized carbons (Fsp3) is 0.250. The molecule has 5 heteroatoms. The molecule has 0 fully saturated rings. The summed E-state index contributed by atoms with van der Waals surface area (Å²) in [6.45, 7) is 1.93. The third-order valence-corrected chi connectivity index (χ3v) is 2.62. The van der Waals surface area contributed by atoms with E-state index in [1.807, 2.05) is 19.1 Å². The summed E-state index contributed by atoms with van der Waals surface area (Å²) in [5, 5.41) is 8.71. The van der Waals surface area contributed by atoms with Crippen LogP contribution in [-0.2, 0) is 18.3 Å². The van der Waals surface area contributed by atoms with Gasteiger partial charge in [0, 0.05) is 7.05 Å². The maximum atomic E-state index is 11.9. The van der Waals surface area contributed by atoms with Gasteiger partial charge in [0.15, 0.2) is 0 Å². The lowest BCUT2D eigenvalue weighted by molar-refractivity contribution is -0.136.